The van der Waals surface area contributed by atoms with Crippen LogP contribution in [0.2, 0.25) is 5.02 Å². The molecule has 3 aromatic carbocycles. The summed E-state index contributed by atoms with van der Waals surface area (Å²) in [6.07, 6.45) is 0. The van der Waals surface area contributed by atoms with E-state index in [4.69, 9.17) is 11.6 Å². The number of hydrogen-bond donors (Lipinski definition) is 1. The minimum atomic E-state index is -0.651. The second kappa shape index (κ2) is 7.76. The van der Waals surface area contributed by atoms with Crippen LogP contribution in [0.25, 0.3) is 5.57 Å². The van der Waals surface area contributed by atoms with Crippen molar-refractivity contribution in [3.8, 4) is 0 Å². The van der Waals surface area contributed by atoms with E-state index in [1.165, 1.54) is 18.2 Å². The number of para-hydroxylation sites is 1. The summed E-state index contributed by atoms with van der Waals surface area (Å²) in [6, 6.07) is 18.1. The number of aryl methyl sites for hydroxylation is 2. The Hall–Kier alpha value is -3.44. The second-order valence-electron chi connectivity index (χ2n) is 7.10. The lowest BCUT2D eigenvalue weighted by atomic mass is 10.0. The molecule has 0 aliphatic carbocycles. The number of benzene rings is 3. The third kappa shape index (κ3) is 3.48. The van der Waals surface area contributed by atoms with E-state index in [1.807, 2.05) is 32.0 Å². The minimum Gasteiger partial charge on any atom is -0.350 e. The molecule has 3 aromatic rings. The van der Waals surface area contributed by atoms with Gasteiger partial charge in [0, 0.05) is 10.7 Å². The number of hydrogen-bond acceptors (Lipinski definition) is 3. The Bertz CT molecular complexity index is 1200. The van der Waals surface area contributed by atoms with Crippen LogP contribution in [0.1, 0.15) is 16.7 Å². The van der Waals surface area contributed by atoms with Gasteiger partial charge in [0.25, 0.3) is 11.8 Å². The van der Waals surface area contributed by atoms with Crippen molar-refractivity contribution in [2.75, 3.05) is 10.2 Å². The maximum atomic E-state index is 14.4. The summed E-state index contributed by atoms with van der Waals surface area (Å²) in [4.78, 5) is 27.5. The van der Waals surface area contributed by atoms with Gasteiger partial charge in [-0.1, -0.05) is 53.6 Å². The maximum Gasteiger partial charge on any atom is 0.282 e. The number of rotatable bonds is 4. The molecule has 0 atom stereocenters. The van der Waals surface area contributed by atoms with Crippen molar-refractivity contribution in [3.63, 3.8) is 0 Å². The van der Waals surface area contributed by atoms with E-state index in [1.54, 1.807) is 30.3 Å². The van der Waals surface area contributed by atoms with Crippen LogP contribution in [-0.2, 0) is 9.59 Å². The summed E-state index contributed by atoms with van der Waals surface area (Å²) in [5.41, 5.74) is 3.38. The van der Waals surface area contributed by atoms with Crippen molar-refractivity contribution in [2.24, 2.45) is 0 Å². The molecule has 6 heteroatoms. The maximum absolute atomic E-state index is 14.4. The molecule has 2 amide bonds. The van der Waals surface area contributed by atoms with E-state index in [-0.39, 0.29) is 17.0 Å². The van der Waals surface area contributed by atoms with Gasteiger partial charge < -0.3 is 5.32 Å². The van der Waals surface area contributed by atoms with E-state index in [9.17, 15) is 14.0 Å². The average molecular weight is 421 g/mol. The minimum absolute atomic E-state index is 0.0867. The Kier molecular flexibility index (Phi) is 5.14. The summed E-state index contributed by atoms with van der Waals surface area (Å²) in [7, 11) is 0. The third-order valence-electron chi connectivity index (χ3n) is 4.95. The van der Waals surface area contributed by atoms with Crippen LogP contribution in [0.15, 0.2) is 72.4 Å². The summed E-state index contributed by atoms with van der Waals surface area (Å²) in [5, 5.41) is 3.62. The van der Waals surface area contributed by atoms with Gasteiger partial charge in [-0.05, 0) is 55.3 Å². The van der Waals surface area contributed by atoms with Crippen molar-refractivity contribution >= 4 is 40.4 Å². The van der Waals surface area contributed by atoms with Gasteiger partial charge in [-0.3, -0.25) is 9.59 Å². The topological polar surface area (TPSA) is 49.4 Å². The molecule has 0 bridgehead atoms. The SMILES string of the molecule is Cc1ccc(NC2=C(c3ccc(Cl)cc3)C(=O)N(c3ccccc3F)C2=O)c(C)c1. The van der Waals surface area contributed by atoms with Crippen LogP contribution >= 0.6 is 11.6 Å². The molecule has 4 nitrogen and oxygen atoms in total. The summed E-state index contributed by atoms with van der Waals surface area (Å²) < 4.78 is 14.4. The van der Waals surface area contributed by atoms with Crippen molar-refractivity contribution in [1.29, 1.82) is 0 Å². The lowest BCUT2D eigenvalue weighted by Gasteiger charge is -2.16. The summed E-state index contributed by atoms with van der Waals surface area (Å²) >= 11 is 5.99. The Morgan fingerprint density at radius 1 is 0.900 bits per heavy atom. The number of carbonyl (C=O) groups excluding carboxylic acids is 2. The van der Waals surface area contributed by atoms with Crippen molar-refractivity contribution < 1.29 is 14.0 Å². The van der Waals surface area contributed by atoms with Gasteiger partial charge in [0.2, 0.25) is 0 Å². The molecular formula is C24H18ClFN2O2. The highest BCUT2D eigenvalue weighted by Crippen LogP contribution is 2.35. The highest BCUT2D eigenvalue weighted by molar-refractivity contribution is 6.46. The number of amides is 2. The van der Waals surface area contributed by atoms with Crippen LogP contribution < -0.4 is 10.2 Å². The predicted octanol–water partition coefficient (Wildman–Crippen LogP) is 5.49. The van der Waals surface area contributed by atoms with Crippen LogP contribution in [-0.4, -0.2) is 11.8 Å². The van der Waals surface area contributed by atoms with Gasteiger partial charge >= 0.3 is 0 Å². The highest BCUT2D eigenvalue weighted by atomic mass is 35.5. The average Bonchev–Trinajstić information content (AvgIpc) is 2.95. The molecule has 0 saturated heterocycles. The van der Waals surface area contributed by atoms with Crippen LogP contribution in [0.4, 0.5) is 15.8 Å². The lowest BCUT2D eigenvalue weighted by molar-refractivity contribution is -0.120. The molecule has 1 N–H and O–H groups in total. The smallest absolute Gasteiger partial charge is 0.282 e. The molecule has 0 fully saturated rings. The number of carbonyl (C=O) groups is 2. The molecule has 1 aliphatic heterocycles. The summed E-state index contributed by atoms with van der Waals surface area (Å²) in [5.74, 6) is -1.86. The molecule has 0 aromatic heterocycles. The number of nitrogens with zero attached hydrogens (tertiary/aromatic N) is 1. The molecule has 0 radical (unpaired) electrons. The molecule has 1 aliphatic rings. The van der Waals surface area contributed by atoms with Crippen LogP contribution in [0.3, 0.4) is 0 Å². The van der Waals surface area contributed by atoms with E-state index in [0.717, 1.165) is 16.0 Å². The van der Waals surface area contributed by atoms with Crippen LogP contribution in [0.5, 0.6) is 0 Å². The van der Waals surface area contributed by atoms with Gasteiger partial charge in [0.1, 0.15) is 11.5 Å². The lowest BCUT2D eigenvalue weighted by Crippen LogP contribution is -2.33. The fourth-order valence-electron chi connectivity index (χ4n) is 3.47. The van der Waals surface area contributed by atoms with Gasteiger partial charge in [-0.25, -0.2) is 9.29 Å². The first-order valence-electron chi connectivity index (χ1n) is 9.34. The summed E-state index contributed by atoms with van der Waals surface area (Å²) in [6.45, 7) is 3.88. The zero-order valence-corrected chi connectivity index (χ0v) is 17.1. The normalized spacial score (nSPS) is 13.9. The number of anilines is 2. The molecule has 1 heterocycles. The van der Waals surface area contributed by atoms with Crippen molar-refractivity contribution in [1.82, 2.24) is 0 Å². The van der Waals surface area contributed by atoms with E-state index >= 15 is 0 Å². The standard InChI is InChI=1S/C24H18ClFN2O2/c1-14-7-12-19(15(2)13-14)27-22-21(16-8-10-17(25)11-9-16)23(29)28(24(22)30)20-6-4-3-5-18(20)26/h3-13,27H,1-2H3. The van der Waals surface area contributed by atoms with Gasteiger partial charge in [-0.2, -0.15) is 0 Å². The molecular weight excluding hydrogens is 403 g/mol. The van der Waals surface area contributed by atoms with Gasteiger partial charge in [0.15, 0.2) is 0 Å². The Labute approximate surface area is 178 Å². The first-order valence-corrected chi connectivity index (χ1v) is 9.72. The quantitative estimate of drug-likeness (QED) is 0.567. The molecule has 4 rings (SSSR count). The fourth-order valence-corrected chi connectivity index (χ4v) is 3.60. The zero-order chi connectivity index (χ0) is 21.4. The Morgan fingerprint density at radius 2 is 1.60 bits per heavy atom. The molecule has 0 spiro atoms. The first kappa shape index (κ1) is 19.9. The molecule has 150 valence electrons. The number of imide groups is 1. The van der Waals surface area contributed by atoms with Crippen molar-refractivity contribution in [3.05, 3.63) is 100.0 Å². The Balaban J connectivity index is 1.86. The van der Waals surface area contributed by atoms with E-state index in [2.05, 4.69) is 5.32 Å². The number of halogens is 2. The Morgan fingerprint density at radius 3 is 2.27 bits per heavy atom. The first-order chi connectivity index (χ1) is 14.4. The predicted molar refractivity (Wildman–Crippen MR) is 117 cm³/mol. The van der Waals surface area contributed by atoms with E-state index < -0.39 is 17.6 Å². The largest absolute Gasteiger partial charge is 0.350 e. The molecule has 0 unspecified atom stereocenters. The highest BCUT2D eigenvalue weighted by Gasteiger charge is 2.41. The molecule has 0 saturated carbocycles. The third-order valence-corrected chi connectivity index (χ3v) is 5.20. The van der Waals surface area contributed by atoms with Gasteiger partial charge in [0.05, 0.1) is 11.3 Å². The zero-order valence-electron chi connectivity index (χ0n) is 16.4. The van der Waals surface area contributed by atoms with Crippen LogP contribution in [0, 0.1) is 19.7 Å². The second-order valence-corrected chi connectivity index (χ2v) is 7.53. The van der Waals surface area contributed by atoms with Gasteiger partial charge in [-0.15, -0.1) is 0 Å². The monoisotopic (exact) mass is 420 g/mol. The van der Waals surface area contributed by atoms with Crippen molar-refractivity contribution in [2.45, 2.75) is 13.8 Å². The fraction of sp³-hybridized carbons (Fsp3) is 0.0833. The number of nitrogens with one attached hydrogen (secondary N) is 1. The van der Waals surface area contributed by atoms with E-state index in [0.29, 0.717) is 16.3 Å². The molecule has 30 heavy (non-hydrogen) atoms.